The fourth-order valence-electron chi connectivity index (χ4n) is 2.27. The number of H-pyrrole nitrogens is 1. The number of aromatic nitrogens is 2. The number of aromatic amines is 1. The molecule has 1 amide bonds. The monoisotopic (exact) mass is 340 g/mol. The third-order valence-corrected chi connectivity index (χ3v) is 3.58. The topological polar surface area (TPSA) is 87.2 Å². The molecule has 0 aliphatic carbocycles. The van der Waals surface area contributed by atoms with Crippen LogP contribution in [0, 0.1) is 0 Å². The maximum atomic E-state index is 12.0. The van der Waals surface area contributed by atoms with Crippen LogP contribution < -0.4 is 16.6 Å². The van der Waals surface area contributed by atoms with Gasteiger partial charge in [-0.05, 0) is 19.2 Å². The van der Waals surface area contributed by atoms with Gasteiger partial charge in [-0.25, -0.2) is 4.79 Å². The third kappa shape index (κ3) is 4.43. The number of para-hydroxylation sites is 1. The van der Waals surface area contributed by atoms with Gasteiger partial charge in [0.05, 0.1) is 10.9 Å². The smallest absolute Gasteiger partial charge is 0.328 e. The van der Waals surface area contributed by atoms with Crippen molar-refractivity contribution in [2.24, 2.45) is 0 Å². The number of carbonyl (C=O) groups excluding carboxylic acids is 1. The second kappa shape index (κ2) is 8.50. The predicted molar refractivity (Wildman–Crippen MR) is 92.3 cm³/mol. The molecular formula is C15H21ClN4O3. The van der Waals surface area contributed by atoms with E-state index in [0.29, 0.717) is 24.0 Å². The summed E-state index contributed by atoms with van der Waals surface area (Å²) >= 11 is 0. The van der Waals surface area contributed by atoms with E-state index in [1.54, 1.807) is 36.2 Å². The van der Waals surface area contributed by atoms with Crippen LogP contribution in [0.25, 0.3) is 10.9 Å². The lowest BCUT2D eigenvalue weighted by Gasteiger charge is -2.17. The van der Waals surface area contributed by atoms with Crippen LogP contribution in [-0.2, 0) is 11.3 Å². The van der Waals surface area contributed by atoms with Crippen molar-refractivity contribution in [1.29, 1.82) is 0 Å². The van der Waals surface area contributed by atoms with Crippen molar-refractivity contribution in [1.82, 2.24) is 19.8 Å². The Bertz CT molecular complexity index is 784. The molecule has 0 bridgehead atoms. The van der Waals surface area contributed by atoms with E-state index in [-0.39, 0.29) is 31.3 Å². The van der Waals surface area contributed by atoms with E-state index >= 15 is 0 Å². The third-order valence-electron chi connectivity index (χ3n) is 3.58. The number of amides is 1. The van der Waals surface area contributed by atoms with Crippen molar-refractivity contribution in [2.45, 2.75) is 13.0 Å². The summed E-state index contributed by atoms with van der Waals surface area (Å²) in [5, 5.41) is 3.42. The molecule has 0 saturated carbocycles. The lowest BCUT2D eigenvalue weighted by atomic mass is 10.2. The van der Waals surface area contributed by atoms with E-state index in [4.69, 9.17) is 0 Å². The maximum absolute atomic E-state index is 12.0. The summed E-state index contributed by atoms with van der Waals surface area (Å²) in [6, 6.07) is 6.87. The predicted octanol–water partition coefficient (Wildman–Crippen LogP) is 0.179. The van der Waals surface area contributed by atoms with Gasteiger partial charge >= 0.3 is 5.69 Å². The van der Waals surface area contributed by atoms with Crippen LogP contribution in [0.15, 0.2) is 33.9 Å². The zero-order chi connectivity index (χ0) is 16.1. The largest absolute Gasteiger partial charge is 0.344 e. The molecular weight excluding hydrogens is 320 g/mol. The fourth-order valence-corrected chi connectivity index (χ4v) is 2.27. The molecule has 0 aliphatic heterocycles. The minimum atomic E-state index is -0.491. The summed E-state index contributed by atoms with van der Waals surface area (Å²) in [7, 11) is 3.55. The van der Waals surface area contributed by atoms with Gasteiger partial charge in [0.15, 0.2) is 0 Å². The molecule has 0 saturated heterocycles. The van der Waals surface area contributed by atoms with E-state index < -0.39 is 11.2 Å². The van der Waals surface area contributed by atoms with E-state index in [0.717, 1.165) is 0 Å². The van der Waals surface area contributed by atoms with Gasteiger partial charge in [-0.15, -0.1) is 12.4 Å². The zero-order valence-electron chi connectivity index (χ0n) is 13.2. The Hall–Kier alpha value is -2.12. The number of carbonyl (C=O) groups is 1. The number of benzene rings is 1. The number of halogens is 1. The molecule has 1 aromatic carbocycles. The number of hydrogen-bond acceptors (Lipinski definition) is 4. The molecule has 0 unspecified atom stereocenters. The first-order valence-corrected chi connectivity index (χ1v) is 7.15. The number of rotatable bonds is 6. The molecule has 0 radical (unpaired) electrons. The average Bonchev–Trinajstić information content (AvgIpc) is 2.52. The van der Waals surface area contributed by atoms with Crippen molar-refractivity contribution in [3.05, 3.63) is 45.1 Å². The van der Waals surface area contributed by atoms with Gasteiger partial charge in [-0.2, -0.15) is 0 Å². The highest BCUT2D eigenvalue weighted by Gasteiger charge is 2.11. The van der Waals surface area contributed by atoms with Crippen LogP contribution in [0.1, 0.15) is 6.42 Å². The first-order valence-electron chi connectivity index (χ1n) is 7.15. The highest BCUT2D eigenvalue weighted by atomic mass is 35.5. The minimum absolute atomic E-state index is 0. The lowest BCUT2D eigenvalue weighted by Crippen LogP contribution is -2.35. The van der Waals surface area contributed by atoms with E-state index in [2.05, 4.69) is 10.3 Å². The van der Waals surface area contributed by atoms with Gasteiger partial charge in [0, 0.05) is 33.1 Å². The molecule has 2 N–H and O–H groups in total. The second-order valence-electron chi connectivity index (χ2n) is 5.10. The SMILES string of the molecule is CNCCN(C)C(=O)CCn1c(=O)[nH]c(=O)c2ccccc21.Cl. The van der Waals surface area contributed by atoms with Crippen molar-refractivity contribution >= 4 is 29.2 Å². The Labute approximate surface area is 139 Å². The van der Waals surface area contributed by atoms with Crippen molar-refractivity contribution in [3.63, 3.8) is 0 Å². The average molecular weight is 341 g/mol. The Morgan fingerprint density at radius 1 is 1.30 bits per heavy atom. The van der Waals surface area contributed by atoms with Crippen LogP contribution in [0.3, 0.4) is 0 Å². The number of aryl methyl sites for hydroxylation is 1. The molecule has 7 nitrogen and oxygen atoms in total. The van der Waals surface area contributed by atoms with Crippen molar-refractivity contribution < 1.29 is 4.79 Å². The molecule has 126 valence electrons. The molecule has 0 atom stereocenters. The van der Waals surface area contributed by atoms with Crippen molar-refractivity contribution in [2.75, 3.05) is 27.2 Å². The number of nitrogens with one attached hydrogen (secondary N) is 2. The van der Waals surface area contributed by atoms with Crippen LogP contribution in [-0.4, -0.2) is 47.5 Å². The number of fused-ring (bicyclic) bond motifs is 1. The zero-order valence-corrected chi connectivity index (χ0v) is 14.0. The second-order valence-corrected chi connectivity index (χ2v) is 5.10. The number of nitrogens with zero attached hydrogens (tertiary/aromatic N) is 2. The Kier molecular flexibility index (Phi) is 6.99. The van der Waals surface area contributed by atoms with Crippen LogP contribution >= 0.6 is 12.4 Å². The molecule has 8 heteroatoms. The molecule has 0 spiro atoms. The first-order chi connectivity index (χ1) is 10.5. The summed E-state index contributed by atoms with van der Waals surface area (Å²) in [6.45, 7) is 1.55. The van der Waals surface area contributed by atoms with Gasteiger partial charge in [0.25, 0.3) is 5.56 Å². The molecule has 0 fully saturated rings. The molecule has 2 aromatic rings. The van der Waals surface area contributed by atoms with Crippen LogP contribution in [0.5, 0.6) is 0 Å². The molecule has 1 aromatic heterocycles. The standard InChI is InChI=1S/C15H20N4O3.ClH/c1-16-8-10-18(2)13(20)7-9-19-12-6-4-3-5-11(12)14(21)17-15(19)22;/h3-6,16H,7-10H2,1-2H3,(H,17,21,22);1H. The molecule has 1 heterocycles. The van der Waals surface area contributed by atoms with Gasteiger partial charge in [-0.3, -0.25) is 19.1 Å². The normalized spacial score (nSPS) is 10.3. The van der Waals surface area contributed by atoms with E-state index in [1.807, 2.05) is 7.05 Å². The van der Waals surface area contributed by atoms with Gasteiger partial charge in [0.2, 0.25) is 5.91 Å². The minimum Gasteiger partial charge on any atom is -0.344 e. The van der Waals surface area contributed by atoms with Crippen LogP contribution in [0.2, 0.25) is 0 Å². The Balaban J connectivity index is 0.00000264. The van der Waals surface area contributed by atoms with Crippen molar-refractivity contribution in [3.8, 4) is 0 Å². The first kappa shape index (κ1) is 18.9. The quantitative estimate of drug-likeness (QED) is 0.785. The van der Waals surface area contributed by atoms with E-state index in [9.17, 15) is 14.4 Å². The maximum Gasteiger partial charge on any atom is 0.328 e. The van der Waals surface area contributed by atoms with E-state index in [1.165, 1.54) is 4.57 Å². The number of hydrogen-bond donors (Lipinski definition) is 2. The summed E-state index contributed by atoms with van der Waals surface area (Å²) in [5.74, 6) is -0.0440. The van der Waals surface area contributed by atoms with Gasteiger partial charge in [-0.1, -0.05) is 12.1 Å². The summed E-state index contributed by atoms with van der Waals surface area (Å²) in [5.41, 5.74) is -0.356. The Morgan fingerprint density at radius 2 is 2.00 bits per heavy atom. The molecule has 23 heavy (non-hydrogen) atoms. The summed E-state index contributed by atoms with van der Waals surface area (Å²) in [4.78, 5) is 39.7. The highest BCUT2D eigenvalue weighted by molar-refractivity contribution is 5.85. The molecule has 2 rings (SSSR count). The van der Waals surface area contributed by atoms with Crippen LogP contribution in [0.4, 0.5) is 0 Å². The van der Waals surface area contributed by atoms with Gasteiger partial charge in [0.1, 0.15) is 0 Å². The van der Waals surface area contributed by atoms with Gasteiger partial charge < -0.3 is 10.2 Å². The summed E-state index contributed by atoms with van der Waals surface area (Å²) in [6.07, 6.45) is 0.205. The number of likely N-dealkylation sites (N-methyl/N-ethyl adjacent to an activating group) is 2. The molecule has 0 aliphatic rings. The lowest BCUT2D eigenvalue weighted by molar-refractivity contribution is -0.130. The highest BCUT2D eigenvalue weighted by Crippen LogP contribution is 2.07. The fraction of sp³-hybridized carbons (Fsp3) is 0.400. The summed E-state index contributed by atoms with van der Waals surface area (Å²) < 4.78 is 1.43. The Morgan fingerprint density at radius 3 is 2.70 bits per heavy atom.